The fourth-order valence-electron chi connectivity index (χ4n) is 6.14. The van der Waals surface area contributed by atoms with Crippen molar-refractivity contribution in [3.05, 3.63) is 59.0 Å². The highest BCUT2D eigenvalue weighted by Crippen LogP contribution is 2.57. The third-order valence-corrected chi connectivity index (χ3v) is 8.11. The topological polar surface area (TPSA) is 37.2 Å². The lowest BCUT2D eigenvalue weighted by molar-refractivity contribution is 0.0292. The van der Waals surface area contributed by atoms with Crippen molar-refractivity contribution < 1.29 is 4.42 Å². The maximum absolute atomic E-state index is 5.56. The minimum Gasteiger partial charge on any atom is -0.467 e. The van der Waals surface area contributed by atoms with Gasteiger partial charge in [0.2, 0.25) is 0 Å². The SMILES string of the molecule is CC(C)c1ccc2c(c1)CCC1C(C)(CNC(=S)NCc3ccco3)CCCC21C. The lowest BCUT2D eigenvalue weighted by atomic mass is 9.49. The van der Waals surface area contributed by atoms with Crippen molar-refractivity contribution in [2.75, 3.05) is 6.54 Å². The Morgan fingerprint density at radius 2 is 2.03 bits per heavy atom. The molecule has 3 unspecified atom stereocenters. The fraction of sp³-hybridized carbons (Fsp3) is 0.577. The van der Waals surface area contributed by atoms with E-state index in [1.54, 1.807) is 17.4 Å². The van der Waals surface area contributed by atoms with Gasteiger partial charge in [0.05, 0.1) is 12.8 Å². The van der Waals surface area contributed by atoms with Gasteiger partial charge in [0.25, 0.3) is 0 Å². The molecule has 162 valence electrons. The Hall–Kier alpha value is -1.81. The molecule has 2 aromatic rings. The molecule has 2 N–H and O–H groups in total. The van der Waals surface area contributed by atoms with Crippen molar-refractivity contribution in [1.82, 2.24) is 10.6 Å². The van der Waals surface area contributed by atoms with Gasteiger partial charge in [0.15, 0.2) is 5.11 Å². The summed E-state index contributed by atoms with van der Waals surface area (Å²) in [7, 11) is 0. The number of hydrogen-bond donors (Lipinski definition) is 2. The quantitative estimate of drug-likeness (QED) is 0.571. The Labute approximate surface area is 187 Å². The van der Waals surface area contributed by atoms with E-state index in [0.29, 0.717) is 18.4 Å². The third kappa shape index (κ3) is 4.03. The second kappa shape index (κ2) is 8.37. The number of rotatable bonds is 5. The normalized spacial score (nSPS) is 28.0. The highest BCUT2D eigenvalue weighted by atomic mass is 32.1. The van der Waals surface area contributed by atoms with Crippen molar-refractivity contribution in [3.8, 4) is 0 Å². The number of thiocarbonyl (C=S) groups is 1. The summed E-state index contributed by atoms with van der Waals surface area (Å²) in [6, 6.07) is 11.2. The first-order chi connectivity index (χ1) is 14.3. The van der Waals surface area contributed by atoms with Gasteiger partial charge in [-0.1, -0.05) is 52.3 Å². The van der Waals surface area contributed by atoms with Crippen molar-refractivity contribution in [3.63, 3.8) is 0 Å². The van der Waals surface area contributed by atoms with Crippen LogP contribution in [0.1, 0.15) is 81.7 Å². The summed E-state index contributed by atoms with van der Waals surface area (Å²) < 4.78 is 5.39. The molecule has 1 aromatic carbocycles. The fourth-order valence-corrected chi connectivity index (χ4v) is 6.28. The van der Waals surface area contributed by atoms with Crippen LogP contribution in [0.3, 0.4) is 0 Å². The van der Waals surface area contributed by atoms with E-state index < -0.39 is 0 Å². The largest absolute Gasteiger partial charge is 0.467 e. The smallest absolute Gasteiger partial charge is 0.166 e. The molecular formula is C26H36N2OS. The van der Waals surface area contributed by atoms with Crippen LogP contribution in [0, 0.1) is 11.3 Å². The maximum atomic E-state index is 5.56. The minimum atomic E-state index is 0.248. The van der Waals surface area contributed by atoms with Gasteiger partial charge in [-0.3, -0.25) is 0 Å². The molecule has 0 saturated heterocycles. The summed E-state index contributed by atoms with van der Waals surface area (Å²) in [5.41, 5.74) is 5.18. The van der Waals surface area contributed by atoms with Crippen LogP contribution >= 0.6 is 12.2 Å². The third-order valence-electron chi connectivity index (χ3n) is 7.82. The molecule has 0 aliphatic heterocycles. The minimum absolute atomic E-state index is 0.248. The van der Waals surface area contributed by atoms with Crippen molar-refractivity contribution >= 4 is 17.3 Å². The maximum Gasteiger partial charge on any atom is 0.166 e. The monoisotopic (exact) mass is 424 g/mol. The second-order valence-electron chi connectivity index (χ2n) is 10.2. The Balaban J connectivity index is 1.47. The number of nitrogens with one attached hydrogen (secondary N) is 2. The summed E-state index contributed by atoms with van der Waals surface area (Å²) in [6.07, 6.45) is 8.01. The molecule has 4 heteroatoms. The number of furan rings is 1. The lowest BCUT2D eigenvalue weighted by Crippen LogP contribution is -2.54. The van der Waals surface area contributed by atoms with E-state index in [1.165, 1.54) is 37.7 Å². The van der Waals surface area contributed by atoms with Gasteiger partial charge in [-0.05, 0) is 89.4 Å². The van der Waals surface area contributed by atoms with E-state index >= 15 is 0 Å². The average Bonchev–Trinajstić information content (AvgIpc) is 3.24. The highest BCUT2D eigenvalue weighted by molar-refractivity contribution is 7.80. The first-order valence-corrected chi connectivity index (χ1v) is 11.9. The number of hydrogen-bond acceptors (Lipinski definition) is 2. The number of benzene rings is 1. The van der Waals surface area contributed by atoms with Crippen LogP contribution in [0.2, 0.25) is 0 Å². The first kappa shape index (κ1) is 21.4. The lowest BCUT2D eigenvalue weighted by Gasteiger charge is -2.55. The first-order valence-electron chi connectivity index (χ1n) is 11.5. The van der Waals surface area contributed by atoms with Gasteiger partial charge < -0.3 is 15.1 Å². The molecular weight excluding hydrogens is 388 g/mol. The molecule has 3 nitrogen and oxygen atoms in total. The molecule has 2 aliphatic rings. The van der Waals surface area contributed by atoms with E-state index in [-0.39, 0.29) is 10.8 Å². The Kier molecular flexibility index (Phi) is 5.98. The molecule has 0 radical (unpaired) electrons. The summed E-state index contributed by atoms with van der Waals surface area (Å²) in [6.45, 7) is 11.1. The van der Waals surface area contributed by atoms with Crippen LogP contribution in [0.25, 0.3) is 0 Å². The van der Waals surface area contributed by atoms with Gasteiger partial charge in [-0.25, -0.2) is 0 Å². The van der Waals surface area contributed by atoms with Crippen molar-refractivity contribution in [1.29, 1.82) is 0 Å². The van der Waals surface area contributed by atoms with Crippen molar-refractivity contribution in [2.45, 2.75) is 77.7 Å². The molecule has 2 aliphatic carbocycles. The molecule has 4 rings (SSSR count). The molecule has 1 saturated carbocycles. The predicted octanol–water partition coefficient (Wildman–Crippen LogP) is 6.08. The Bertz CT molecular complexity index is 890. The van der Waals surface area contributed by atoms with E-state index in [2.05, 4.69) is 56.5 Å². The van der Waals surface area contributed by atoms with Gasteiger partial charge in [-0.2, -0.15) is 0 Å². The standard InChI is InChI=1S/C26H36N2OS/c1-18(2)19-8-10-22-20(15-19)9-11-23-25(3,12-6-13-26(22,23)4)17-28-24(30)27-16-21-7-5-14-29-21/h5,7-8,10,14-15,18,23H,6,9,11-13,16-17H2,1-4H3,(H2,27,28,30). The van der Waals surface area contributed by atoms with Crippen LogP contribution < -0.4 is 10.6 Å². The molecule has 1 fully saturated rings. The summed E-state index contributed by atoms with van der Waals surface area (Å²) in [5, 5.41) is 7.53. The molecule has 0 bridgehead atoms. The van der Waals surface area contributed by atoms with Crippen LogP contribution in [0.15, 0.2) is 41.0 Å². The zero-order chi connectivity index (χ0) is 21.4. The Morgan fingerprint density at radius 1 is 1.20 bits per heavy atom. The van der Waals surface area contributed by atoms with Crippen molar-refractivity contribution in [2.24, 2.45) is 11.3 Å². The zero-order valence-electron chi connectivity index (χ0n) is 18.9. The van der Waals surface area contributed by atoms with E-state index in [9.17, 15) is 0 Å². The molecule has 30 heavy (non-hydrogen) atoms. The average molecular weight is 425 g/mol. The molecule has 1 aromatic heterocycles. The molecule has 3 atom stereocenters. The van der Waals surface area contributed by atoms with Gasteiger partial charge in [-0.15, -0.1) is 0 Å². The second-order valence-corrected chi connectivity index (χ2v) is 10.6. The van der Waals surface area contributed by atoms with E-state index in [0.717, 1.165) is 17.4 Å². The summed E-state index contributed by atoms with van der Waals surface area (Å²) >= 11 is 5.56. The zero-order valence-corrected chi connectivity index (χ0v) is 19.7. The molecule has 0 amide bonds. The molecule has 0 spiro atoms. The highest BCUT2D eigenvalue weighted by Gasteiger charge is 2.51. The van der Waals surface area contributed by atoms with E-state index in [1.807, 2.05) is 12.1 Å². The van der Waals surface area contributed by atoms with E-state index in [4.69, 9.17) is 16.6 Å². The summed E-state index contributed by atoms with van der Waals surface area (Å²) in [4.78, 5) is 0. The number of fused-ring (bicyclic) bond motifs is 3. The summed E-state index contributed by atoms with van der Waals surface area (Å²) in [5.74, 6) is 2.17. The van der Waals surface area contributed by atoms with Crippen LogP contribution in [-0.4, -0.2) is 11.7 Å². The van der Waals surface area contributed by atoms with Gasteiger partial charge in [0.1, 0.15) is 5.76 Å². The van der Waals surface area contributed by atoms with Crippen LogP contribution in [0.4, 0.5) is 0 Å². The molecule has 1 heterocycles. The van der Waals surface area contributed by atoms with Crippen LogP contribution in [-0.2, 0) is 18.4 Å². The predicted molar refractivity (Wildman–Crippen MR) is 128 cm³/mol. The van der Waals surface area contributed by atoms with Gasteiger partial charge >= 0.3 is 0 Å². The van der Waals surface area contributed by atoms with Crippen LogP contribution in [0.5, 0.6) is 0 Å². The van der Waals surface area contributed by atoms with Gasteiger partial charge in [0, 0.05) is 6.54 Å². The number of aryl methyl sites for hydroxylation is 1. The Morgan fingerprint density at radius 3 is 2.77 bits per heavy atom.